The molecule has 1 N–H and O–H groups in total. The Morgan fingerprint density at radius 2 is 2.35 bits per heavy atom. The Morgan fingerprint density at radius 3 is 3.05 bits per heavy atom. The van der Waals surface area contributed by atoms with Crippen LogP contribution in [0.2, 0.25) is 10.0 Å². The van der Waals surface area contributed by atoms with Crippen molar-refractivity contribution in [2.75, 3.05) is 13.2 Å². The van der Waals surface area contributed by atoms with E-state index in [4.69, 9.17) is 32.7 Å². The molecule has 0 unspecified atom stereocenters. The van der Waals surface area contributed by atoms with E-state index in [1.54, 1.807) is 18.2 Å². The van der Waals surface area contributed by atoms with Crippen LogP contribution in [0.5, 0.6) is 5.75 Å². The molecule has 0 aromatic heterocycles. The minimum atomic E-state index is -0.205. The molecule has 2 atom stereocenters. The van der Waals surface area contributed by atoms with E-state index in [1.165, 1.54) is 0 Å². The summed E-state index contributed by atoms with van der Waals surface area (Å²) in [5.74, 6) is 0.197. The Morgan fingerprint density at radius 1 is 1.55 bits per heavy atom. The molecule has 0 bridgehead atoms. The second-order valence-electron chi connectivity index (χ2n) is 4.75. The number of hydrogen-bond donors (Lipinski definition) is 1. The molecule has 1 aromatic rings. The molecule has 1 aliphatic rings. The summed E-state index contributed by atoms with van der Waals surface area (Å²) in [4.78, 5) is 11.8. The quantitative estimate of drug-likeness (QED) is 0.908. The van der Waals surface area contributed by atoms with Crippen molar-refractivity contribution in [2.24, 2.45) is 0 Å². The van der Waals surface area contributed by atoms with E-state index in [-0.39, 0.29) is 24.7 Å². The van der Waals surface area contributed by atoms with E-state index in [1.807, 2.05) is 6.92 Å². The average Bonchev–Trinajstić information content (AvgIpc) is 2.94. The predicted molar refractivity (Wildman–Crippen MR) is 78.5 cm³/mol. The molecule has 1 saturated heterocycles. The number of ether oxygens (including phenoxy) is 2. The van der Waals surface area contributed by atoms with Crippen molar-refractivity contribution in [3.05, 3.63) is 28.2 Å². The Labute approximate surface area is 128 Å². The Hall–Kier alpha value is -0.970. The van der Waals surface area contributed by atoms with E-state index < -0.39 is 0 Å². The smallest absolute Gasteiger partial charge is 0.258 e. The molecule has 1 aliphatic heterocycles. The summed E-state index contributed by atoms with van der Waals surface area (Å²) in [6.07, 6.45) is 2.11. The summed E-state index contributed by atoms with van der Waals surface area (Å²) in [7, 11) is 0. The van der Waals surface area contributed by atoms with E-state index >= 15 is 0 Å². The van der Waals surface area contributed by atoms with Crippen molar-refractivity contribution in [1.29, 1.82) is 0 Å². The van der Waals surface area contributed by atoms with E-state index in [2.05, 4.69) is 5.32 Å². The monoisotopic (exact) mass is 317 g/mol. The maximum absolute atomic E-state index is 11.8. The highest BCUT2D eigenvalue weighted by atomic mass is 35.5. The van der Waals surface area contributed by atoms with Crippen LogP contribution in [0, 0.1) is 0 Å². The van der Waals surface area contributed by atoms with Crippen LogP contribution >= 0.6 is 23.2 Å². The molecule has 2 rings (SSSR count). The minimum absolute atomic E-state index is 0.0246. The van der Waals surface area contributed by atoms with Crippen LogP contribution in [0.3, 0.4) is 0 Å². The highest BCUT2D eigenvalue weighted by Crippen LogP contribution is 2.31. The second-order valence-corrected chi connectivity index (χ2v) is 5.53. The highest BCUT2D eigenvalue weighted by Gasteiger charge is 2.23. The lowest BCUT2D eigenvalue weighted by molar-refractivity contribution is -0.124. The number of hydrogen-bond acceptors (Lipinski definition) is 3. The van der Waals surface area contributed by atoms with Gasteiger partial charge in [0.2, 0.25) is 0 Å². The number of rotatable bonds is 5. The van der Waals surface area contributed by atoms with Crippen LogP contribution in [0.15, 0.2) is 18.2 Å². The molecule has 0 radical (unpaired) electrons. The summed E-state index contributed by atoms with van der Waals surface area (Å²) in [6.45, 7) is 2.59. The van der Waals surface area contributed by atoms with Crippen molar-refractivity contribution in [1.82, 2.24) is 5.32 Å². The molecule has 6 heteroatoms. The summed E-state index contributed by atoms with van der Waals surface area (Å²) < 4.78 is 10.9. The fraction of sp³-hybridized carbons (Fsp3) is 0.500. The number of halogens is 2. The van der Waals surface area contributed by atoms with Gasteiger partial charge in [-0.15, -0.1) is 0 Å². The Balaban J connectivity index is 1.81. The number of carbonyl (C=O) groups excluding carboxylic acids is 1. The molecule has 0 aliphatic carbocycles. The van der Waals surface area contributed by atoms with Gasteiger partial charge < -0.3 is 14.8 Å². The van der Waals surface area contributed by atoms with Crippen LogP contribution in [0.4, 0.5) is 0 Å². The molecule has 1 fully saturated rings. The van der Waals surface area contributed by atoms with Crippen molar-refractivity contribution in [3.8, 4) is 5.75 Å². The van der Waals surface area contributed by atoms with Crippen LogP contribution in [0.1, 0.15) is 19.8 Å². The van der Waals surface area contributed by atoms with E-state index in [0.29, 0.717) is 15.8 Å². The van der Waals surface area contributed by atoms with Crippen molar-refractivity contribution >= 4 is 29.1 Å². The van der Waals surface area contributed by atoms with Gasteiger partial charge in [-0.05, 0) is 31.9 Å². The molecule has 110 valence electrons. The van der Waals surface area contributed by atoms with Crippen molar-refractivity contribution in [3.63, 3.8) is 0 Å². The Bertz CT molecular complexity index is 475. The zero-order valence-corrected chi connectivity index (χ0v) is 12.7. The molecule has 1 heterocycles. The van der Waals surface area contributed by atoms with Gasteiger partial charge in [-0.3, -0.25) is 4.79 Å². The van der Waals surface area contributed by atoms with Crippen molar-refractivity contribution in [2.45, 2.75) is 31.9 Å². The first-order valence-electron chi connectivity index (χ1n) is 6.55. The first-order valence-corrected chi connectivity index (χ1v) is 7.31. The molecule has 0 saturated carbocycles. The zero-order valence-electron chi connectivity index (χ0n) is 11.2. The lowest BCUT2D eigenvalue weighted by atomic mass is 10.1. The third-order valence-corrected chi connectivity index (χ3v) is 3.99. The van der Waals surface area contributed by atoms with Crippen LogP contribution in [0.25, 0.3) is 0 Å². The molecular formula is C14H17Cl2NO3. The van der Waals surface area contributed by atoms with Gasteiger partial charge in [-0.1, -0.05) is 29.3 Å². The molecule has 20 heavy (non-hydrogen) atoms. The topological polar surface area (TPSA) is 47.6 Å². The molecule has 4 nitrogen and oxygen atoms in total. The van der Waals surface area contributed by atoms with Gasteiger partial charge in [0.05, 0.1) is 17.2 Å². The minimum Gasteiger partial charge on any atom is -0.482 e. The lowest BCUT2D eigenvalue weighted by Crippen LogP contribution is -2.42. The van der Waals surface area contributed by atoms with Crippen LogP contribution < -0.4 is 10.1 Å². The summed E-state index contributed by atoms with van der Waals surface area (Å²) in [5.41, 5.74) is 0. The van der Waals surface area contributed by atoms with Gasteiger partial charge >= 0.3 is 0 Å². The fourth-order valence-corrected chi connectivity index (χ4v) is 2.47. The maximum atomic E-state index is 11.8. The van der Waals surface area contributed by atoms with Gasteiger partial charge in [0.25, 0.3) is 5.91 Å². The van der Waals surface area contributed by atoms with Gasteiger partial charge in [0.15, 0.2) is 6.61 Å². The van der Waals surface area contributed by atoms with Crippen LogP contribution in [-0.4, -0.2) is 31.3 Å². The normalized spacial score (nSPS) is 19.6. The third-order valence-electron chi connectivity index (χ3n) is 3.19. The van der Waals surface area contributed by atoms with E-state index in [0.717, 1.165) is 19.4 Å². The number of benzene rings is 1. The summed E-state index contributed by atoms with van der Waals surface area (Å²) >= 11 is 11.8. The summed E-state index contributed by atoms with van der Waals surface area (Å²) in [6, 6.07) is 5.03. The number of carbonyl (C=O) groups is 1. The van der Waals surface area contributed by atoms with Gasteiger partial charge in [-0.2, -0.15) is 0 Å². The fourth-order valence-electron chi connectivity index (χ4n) is 2.12. The van der Waals surface area contributed by atoms with Crippen LogP contribution in [-0.2, 0) is 9.53 Å². The zero-order chi connectivity index (χ0) is 14.5. The number of nitrogens with one attached hydrogen (secondary N) is 1. The third kappa shape index (κ3) is 4.01. The summed E-state index contributed by atoms with van der Waals surface area (Å²) in [5, 5.41) is 3.58. The molecular weight excluding hydrogens is 301 g/mol. The van der Waals surface area contributed by atoms with Gasteiger partial charge in [0.1, 0.15) is 10.8 Å². The lowest BCUT2D eigenvalue weighted by Gasteiger charge is -2.20. The first kappa shape index (κ1) is 15.4. The molecule has 1 aromatic carbocycles. The SMILES string of the molecule is C[C@H](NC(=O)COc1cccc(Cl)c1Cl)[C@H]1CCCO1. The largest absolute Gasteiger partial charge is 0.482 e. The predicted octanol–water partition coefficient (Wildman–Crippen LogP) is 3.06. The maximum Gasteiger partial charge on any atom is 0.258 e. The average molecular weight is 318 g/mol. The molecule has 0 spiro atoms. The molecule has 1 amide bonds. The standard InChI is InChI=1S/C14H17Cl2NO3/c1-9(11-6-3-7-19-11)17-13(18)8-20-12-5-2-4-10(15)14(12)16/h2,4-5,9,11H,3,6-8H2,1H3,(H,17,18)/t9-,11+/m0/s1. The highest BCUT2D eigenvalue weighted by molar-refractivity contribution is 6.42. The van der Waals surface area contributed by atoms with Gasteiger partial charge in [-0.25, -0.2) is 0 Å². The van der Waals surface area contributed by atoms with Crippen molar-refractivity contribution < 1.29 is 14.3 Å². The van der Waals surface area contributed by atoms with E-state index in [9.17, 15) is 4.79 Å². The van der Waals surface area contributed by atoms with Gasteiger partial charge in [0, 0.05) is 6.61 Å². The second kappa shape index (κ2) is 7.16. The number of amides is 1. The first-order chi connectivity index (χ1) is 9.58. The Kier molecular flexibility index (Phi) is 5.52.